The van der Waals surface area contributed by atoms with E-state index in [9.17, 15) is 0 Å². The van der Waals surface area contributed by atoms with Crippen molar-refractivity contribution in [2.24, 2.45) is 0 Å². The minimum absolute atomic E-state index is 0.0590. The fourth-order valence-corrected chi connectivity index (χ4v) is 5.23. The SMILES string of the molecule is COc1ccc(C2(c3ccc(OC)cc3)C(c3ccccc3)C2(Cl)Cl)cc1. The van der Waals surface area contributed by atoms with Gasteiger partial charge in [-0.2, -0.15) is 0 Å². The molecule has 0 bridgehead atoms. The zero-order valence-corrected chi connectivity index (χ0v) is 16.7. The Labute approximate surface area is 169 Å². The van der Waals surface area contributed by atoms with Crippen LogP contribution in [0.15, 0.2) is 78.9 Å². The lowest BCUT2D eigenvalue weighted by Crippen LogP contribution is -2.17. The molecule has 1 atom stereocenters. The molecule has 0 amide bonds. The minimum atomic E-state index is -0.961. The molecular formula is C23H20Cl2O2. The smallest absolute Gasteiger partial charge is 0.140 e. The van der Waals surface area contributed by atoms with E-state index in [4.69, 9.17) is 32.7 Å². The van der Waals surface area contributed by atoms with E-state index in [1.54, 1.807) is 14.2 Å². The summed E-state index contributed by atoms with van der Waals surface area (Å²) in [5, 5.41) is 0. The summed E-state index contributed by atoms with van der Waals surface area (Å²) in [6.45, 7) is 0. The first-order chi connectivity index (χ1) is 13.1. The molecule has 4 rings (SSSR count). The van der Waals surface area contributed by atoms with E-state index in [0.29, 0.717) is 0 Å². The molecule has 4 heteroatoms. The molecule has 1 aliphatic carbocycles. The lowest BCUT2D eigenvalue weighted by Gasteiger charge is -2.21. The third kappa shape index (κ3) is 2.70. The maximum absolute atomic E-state index is 6.98. The number of rotatable bonds is 5. The topological polar surface area (TPSA) is 18.5 Å². The molecule has 1 aliphatic rings. The highest BCUT2D eigenvalue weighted by Crippen LogP contribution is 2.77. The van der Waals surface area contributed by atoms with Crippen LogP contribution in [0.2, 0.25) is 0 Å². The number of methoxy groups -OCH3 is 2. The van der Waals surface area contributed by atoms with E-state index in [1.165, 1.54) is 0 Å². The molecule has 0 N–H and O–H groups in total. The van der Waals surface area contributed by atoms with Crippen molar-refractivity contribution in [1.29, 1.82) is 0 Å². The van der Waals surface area contributed by atoms with Crippen LogP contribution in [-0.4, -0.2) is 18.6 Å². The molecule has 0 radical (unpaired) electrons. The number of alkyl halides is 2. The molecule has 3 aromatic carbocycles. The van der Waals surface area contributed by atoms with E-state index in [-0.39, 0.29) is 5.92 Å². The average molecular weight is 399 g/mol. The second-order valence-electron chi connectivity index (χ2n) is 6.73. The molecule has 0 aromatic heterocycles. The van der Waals surface area contributed by atoms with Crippen molar-refractivity contribution in [1.82, 2.24) is 0 Å². The number of benzene rings is 3. The van der Waals surface area contributed by atoms with Gasteiger partial charge in [-0.05, 0) is 41.0 Å². The summed E-state index contributed by atoms with van der Waals surface area (Å²) in [6, 6.07) is 26.2. The third-order valence-corrected chi connectivity index (χ3v) is 6.49. The van der Waals surface area contributed by atoms with Crippen LogP contribution in [0.4, 0.5) is 0 Å². The summed E-state index contributed by atoms with van der Waals surface area (Å²) < 4.78 is 9.68. The first-order valence-electron chi connectivity index (χ1n) is 8.77. The Hall–Kier alpha value is -2.16. The van der Waals surface area contributed by atoms with Gasteiger partial charge in [0.25, 0.3) is 0 Å². The van der Waals surface area contributed by atoms with Crippen LogP contribution in [0.25, 0.3) is 0 Å². The summed E-state index contributed by atoms with van der Waals surface area (Å²) >= 11 is 14.0. The van der Waals surface area contributed by atoms with Crippen LogP contribution in [-0.2, 0) is 5.41 Å². The molecule has 0 spiro atoms. The van der Waals surface area contributed by atoms with Gasteiger partial charge in [0.05, 0.1) is 19.6 Å². The van der Waals surface area contributed by atoms with Gasteiger partial charge in [-0.3, -0.25) is 0 Å². The monoisotopic (exact) mass is 398 g/mol. The van der Waals surface area contributed by atoms with Crippen molar-refractivity contribution < 1.29 is 9.47 Å². The van der Waals surface area contributed by atoms with Crippen molar-refractivity contribution >= 4 is 23.2 Å². The van der Waals surface area contributed by atoms with Crippen LogP contribution >= 0.6 is 23.2 Å². The van der Waals surface area contributed by atoms with Crippen molar-refractivity contribution in [2.75, 3.05) is 14.2 Å². The molecule has 1 unspecified atom stereocenters. The molecular weight excluding hydrogens is 379 g/mol. The average Bonchev–Trinajstić information content (AvgIpc) is 3.25. The predicted octanol–water partition coefficient (Wildman–Crippen LogP) is 5.96. The standard InChI is InChI=1S/C23H20Cl2O2/c1-26-19-12-8-17(9-13-19)22(18-10-14-20(27-2)15-11-18)21(23(22,24)25)16-6-4-3-5-7-16/h3-15,21H,1-2H3. The Kier molecular flexibility index (Phi) is 4.57. The van der Waals surface area contributed by atoms with Crippen molar-refractivity contribution in [3.63, 3.8) is 0 Å². The lowest BCUT2D eigenvalue weighted by molar-refractivity contribution is 0.414. The van der Waals surface area contributed by atoms with Gasteiger partial charge in [-0.1, -0.05) is 77.8 Å². The largest absolute Gasteiger partial charge is 0.497 e. The predicted molar refractivity (Wildman–Crippen MR) is 110 cm³/mol. The summed E-state index contributed by atoms with van der Waals surface area (Å²) in [4.78, 5) is 0. The normalized spacial score (nSPS) is 19.3. The van der Waals surface area contributed by atoms with Gasteiger partial charge in [-0.15, -0.1) is 0 Å². The first-order valence-corrected chi connectivity index (χ1v) is 9.53. The van der Waals surface area contributed by atoms with Crippen molar-refractivity contribution in [2.45, 2.75) is 15.7 Å². The highest BCUT2D eigenvalue weighted by Gasteiger charge is 2.77. The second-order valence-corrected chi connectivity index (χ2v) is 8.12. The Morgan fingerprint density at radius 2 is 1.11 bits per heavy atom. The molecule has 0 aliphatic heterocycles. The number of ether oxygens (including phenoxy) is 2. The Balaban J connectivity index is 1.90. The van der Waals surface area contributed by atoms with E-state index in [0.717, 1.165) is 28.2 Å². The zero-order chi connectivity index (χ0) is 19.1. The first kappa shape index (κ1) is 18.2. The summed E-state index contributed by atoms with van der Waals surface area (Å²) in [5.41, 5.74) is 2.70. The number of hydrogen-bond acceptors (Lipinski definition) is 2. The van der Waals surface area contributed by atoms with Crippen LogP contribution in [0.3, 0.4) is 0 Å². The Morgan fingerprint density at radius 3 is 1.52 bits per heavy atom. The van der Waals surface area contributed by atoms with Gasteiger partial charge in [0, 0.05) is 5.92 Å². The molecule has 2 nitrogen and oxygen atoms in total. The van der Waals surface area contributed by atoms with Gasteiger partial charge in [0.2, 0.25) is 0 Å². The van der Waals surface area contributed by atoms with E-state index < -0.39 is 9.75 Å². The number of halogens is 2. The molecule has 1 saturated carbocycles. The molecule has 3 aromatic rings. The van der Waals surface area contributed by atoms with Crippen molar-refractivity contribution in [3.05, 3.63) is 95.6 Å². The lowest BCUT2D eigenvalue weighted by atomic mass is 9.84. The Morgan fingerprint density at radius 1 is 0.667 bits per heavy atom. The fraction of sp³-hybridized carbons (Fsp3) is 0.217. The van der Waals surface area contributed by atoms with Gasteiger partial charge in [-0.25, -0.2) is 0 Å². The number of hydrogen-bond donors (Lipinski definition) is 0. The molecule has 0 heterocycles. The van der Waals surface area contributed by atoms with Crippen LogP contribution in [0, 0.1) is 0 Å². The summed E-state index contributed by atoms with van der Waals surface area (Å²) in [7, 11) is 3.32. The molecule has 138 valence electrons. The van der Waals surface area contributed by atoms with Crippen LogP contribution in [0.1, 0.15) is 22.6 Å². The van der Waals surface area contributed by atoms with E-state index in [1.807, 2.05) is 66.7 Å². The highest BCUT2D eigenvalue weighted by molar-refractivity contribution is 6.53. The summed E-state index contributed by atoms with van der Waals surface area (Å²) in [5.74, 6) is 1.54. The fourth-order valence-electron chi connectivity index (χ4n) is 4.10. The van der Waals surface area contributed by atoms with Crippen LogP contribution in [0.5, 0.6) is 11.5 Å². The van der Waals surface area contributed by atoms with Gasteiger partial charge >= 0.3 is 0 Å². The Bertz CT molecular complexity index is 871. The third-order valence-electron chi connectivity index (χ3n) is 5.46. The van der Waals surface area contributed by atoms with E-state index >= 15 is 0 Å². The zero-order valence-electron chi connectivity index (χ0n) is 15.2. The molecule has 0 saturated heterocycles. The molecule has 27 heavy (non-hydrogen) atoms. The quantitative estimate of drug-likeness (QED) is 0.493. The summed E-state index contributed by atoms with van der Waals surface area (Å²) in [6.07, 6.45) is 0. The maximum atomic E-state index is 6.98. The van der Waals surface area contributed by atoms with Gasteiger partial charge < -0.3 is 9.47 Å². The van der Waals surface area contributed by atoms with Crippen LogP contribution < -0.4 is 9.47 Å². The van der Waals surface area contributed by atoms with Crippen molar-refractivity contribution in [3.8, 4) is 11.5 Å². The van der Waals surface area contributed by atoms with E-state index in [2.05, 4.69) is 12.1 Å². The highest BCUT2D eigenvalue weighted by atomic mass is 35.5. The van der Waals surface area contributed by atoms with Gasteiger partial charge in [0.15, 0.2) is 0 Å². The minimum Gasteiger partial charge on any atom is -0.497 e. The van der Waals surface area contributed by atoms with Gasteiger partial charge in [0.1, 0.15) is 15.8 Å². The second kappa shape index (κ2) is 6.78. The molecule has 1 fully saturated rings. The maximum Gasteiger partial charge on any atom is 0.140 e.